The second kappa shape index (κ2) is 12.5. The number of hydrogen-bond acceptors (Lipinski definition) is 6. The molecule has 0 radical (unpaired) electrons. The van der Waals surface area contributed by atoms with Gasteiger partial charge in [-0.2, -0.15) is 4.99 Å². The van der Waals surface area contributed by atoms with Crippen LogP contribution in [0.3, 0.4) is 0 Å². The number of aromatic nitrogens is 3. The zero-order valence-electron chi connectivity index (χ0n) is 23.7. The van der Waals surface area contributed by atoms with E-state index >= 15 is 0 Å². The van der Waals surface area contributed by atoms with Gasteiger partial charge < -0.3 is 10.1 Å². The second-order valence-electron chi connectivity index (χ2n) is 10.1. The first-order valence-electron chi connectivity index (χ1n) is 13.4. The predicted molar refractivity (Wildman–Crippen MR) is 158 cm³/mol. The number of ether oxygens (including phenoxy) is 1. The molecule has 0 saturated carbocycles. The maximum atomic E-state index is 13.9. The van der Waals surface area contributed by atoms with E-state index in [2.05, 4.69) is 25.1 Å². The topological polar surface area (TPSA) is 102 Å². The molecule has 1 N–H and O–H groups in total. The molecule has 1 unspecified atom stereocenters. The minimum atomic E-state index is -4.78. The Morgan fingerprint density at radius 1 is 1.05 bits per heavy atom. The zero-order chi connectivity index (χ0) is 31.6. The fourth-order valence-corrected chi connectivity index (χ4v) is 5.36. The van der Waals surface area contributed by atoms with Crippen LogP contribution in [0.15, 0.2) is 78.0 Å². The summed E-state index contributed by atoms with van der Waals surface area (Å²) in [7, 11) is 0. The first kappa shape index (κ1) is 30.7. The highest BCUT2D eigenvalue weighted by Gasteiger charge is 2.33. The molecule has 1 aromatic heterocycles. The Hall–Kier alpha value is -4.72. The molecule has 0 bridgehead atoms. The fourth-order valence-electron chi connectivity index (χ4n) is 4.50. The third-order valence-corrected chi connectivity index (χ3v) is 7.57. The van der Waals surface area contributed by atoms with Crippen LogP contribution in [0.2, 0.25) is 0 Å². The predicted octanol–water partition coefficient (Wildman–Crippen LogP) is 7.00. The molecule has 44 heavy (non-hydrogen) atoms. The summed E-state index contributed by atoms with van der Waals surface area (Å²) < 4.78 is 56.4. The number of benzene rings is 3. The van der Waals surface area contributed by atoms with E-state index in [1.165, 1.54) is 58.4 Å². The van der Waals surface area contributed by atoms with E-state index in [-0.39, 0.29) is 28.5 Å². The SMILES string of the molecule is CC(C)c1cc(F)ccc1N1C(=O)CSC1=NC(=O)NC(C)c1ccc(-c2ncn(-c3ccc(OC(F)(F)F)cc3)n2)cc1. The van der Waals surface area contributed by atoms with Crippen molar-refractivity contribution in [3.63, 3.8) is 0 Å². The number of halogens is 4. The maximum Gasteiger partial charge on any atom is 0.573 e. The van der Waals surface area contributed by atoms with Gasteiger partial charge >= 0.3 is 12.4 Å². The van der Waals surface area contributed by atoms with Crippen molar-refractivity contribution < 1.29 is 31.9 Å². The highest BCUT2D eigenvalue weighted by atomic mass is 32.2. The number of hydrogen-bond donors (Lipinski definition) is 1. The monoisotopic (exact) mass is 626 g/mol. The molecule has 228 valence electrons. The molecule has 2 heterocycles. The highest BCUT2D eigenvalue weighted by Crippen LogP contribution is 2.34. The van der Waals surface area contributed by atoms with Crippen LogP contribution in [-0.4, -0.2) is 44.0 Å². The molecule has 1 atom stereocenters. The standard InChI is InChI=1S/C30H26F4N6O3S/c1-17(2)24-14-21(31)8-13-25(24)40-26(41)15-44-29(40)37-28(42)36-18(3)19-4-6-20(7-5-19)27-35-16-39(38-27)22-9-11-23(12-10-22)43-30(32,33)34/h4-14,16-18H,15H2,1-3H3,(H,36,42). The van der Waals surface area contributed by atoms with Crippen LogP contribution < -0.4 is 15.0 Å². The van der Waals surface area contributed by atoms with Gasteiger partial charge in [-0.1, -0.05) is 49.9 Å². The number of alkyl halides is 3. The van der Waals surface area contributed by atoms with Crippen LogP contribution in [0.4, 0.5) is 28.0 Å². The number of urea groups is 1. The number of rotatable bonds is 7. The number of carbonyl (C=O) groups is 2. The van der Waals surface area contributed by atoms with Gasteiger partial charge in [-0.3, -0.25) is 9.69 Å². The fraction of sp³-hybridized carbons (Fsp3) is 0.233. The van der Waals surface area contributed by atoms with Crippen LogP contribution >= 0.6 is 11.8 Å². The van der Waals surface area contributed by atoms with Gasteiger partial charge in [0.15, 0.2) is 11.0 Å². The average molecular weight is 627 g/mol. The molecule has 9 nitrogen and oxygen atoms in total. The van der Waals surface area contributed by atoms with E-state index < -0.39 is 24.3 Å². The zero-order valence-corrected chi connectivity index (χ0v) is 24.5. The third kappa shape index (κ3) is 7.08. The van der Waals surface area contributed by atoms with Gasteiger partial charge in [0.05, 0.1) is 23.2 Å². The largest absolute Gasteiger partial charge is 0.573 e. The lowest BCUT2D eigenvalue weighted by atomic mass is 10.0. The number of amidine groups is 1. The number of carbonyl (C=O) groups excluding carboxylic acids is 2. The van der Waals surface area contributed by atoms with Crippen molar-refractivity contribution in [2.75, 3.05) is 10.7 Å². The lowest BCUT2D eigenvalue weighted by molar-refractivity contribution is -0.274. The summed E-state index contributed by atoms with van der Waals surface area (Å²) in [6.45, 7) is 5.57. The van der Waals surface area contributed by atoms with Crippen molar-refractivity contribution in [1.29, 1.82) is 0 Å². The summed E-state index contributed by atoms with van der Waals surface area (Å²) in [5.41, 5.74) is 3.08. The molecule has 1 fully saturated rings. The Bertz CT molecular complexity index is 1710. The van der Waals surface area contributed by atoms with Crippen molar-refractivity contribution in [2.45, 2.75) is 39.1 Å². The Balaban J connectivity index is 1.25. The van der Waals surface area contributed by atoms with Crippen LogP contribution in [0, 0.1) is 5.82 Å². The first-order valence-corrected chi connectivity index (χ1v) is 14.4. The van der Waals surface area contributed by atoms with Crippen molar-refractivity contribution in [2.24, 2.45) is 4.99 Å². The van der Waals surface area contributed by atoms with E-state index in [0.29, 0.717) is 28.3 Å². The number of nitrogens with one attached hydrogen (secondary N) is 1. The minimum Gasteiger partial charge on any atom is -0.406 e. The lowest BCUT2D eigenvalue weighted by Crippen LogP contribution is -2.32. The van der Waals surface area contributed by atoms with Gasteiger partial charge in [0.25, 0.3) is 0 Å². The Morgan fingerprint density at radius 3 is 2.41 bits per heavy atom. The first-order chi connectivity index (χ1) is 20.9. The number of aliphatic imine (C=N–C) groups is 1. The van der Waals surface area contributed by atoms with Gasteiger partial charge in [-0.25, -0.2) is 18.9 Å². The molecule has 14 heteroatoms. The molecular formula is C30H26F4N6O3S. The molecule has 3 aromatic carbocycles. The van der Waals surface area contributed by atoms with Crippen LogP contribution in [0.5, 0.6) is 5.75 Å². The molecule has 1 aliphatic heterocycles. The summed E-state index contributed by atoms with van der Waals surface area (Å²) in [5.74, 6) is -0.563. The van der Waals surface area contributed by atoms with Crippen LogP contribution in [0.1, 0.15) is 43.9 Å². The number of thioether (sulfide) groups is 1. The quantitative estimate of drug-likeness (QED) is 0.222. The van der Waals surface area contributed by atoms with Crippen LogP contribution in [0.25, 0.3) is 17.1 Å². The Labute approximate surface area is 254 Å². The summed E-state index contributed by atoms with van der Waals surface area (Å²) >= 11 is 1.14. The van der Waals surface area contributed by atoms with Gasteiger partial charge in [0.2, 0.25) is 5.91 Å². The molecule has 1 saturated heterocycles. The number of anilines is 1. The number of nitrogens with zero attached hydrogens (tertiary/aromatic N) is 5. The smallest absolute Gasteiger partial charge is 0.406 e. The molecule has 1 aliphatic rings. The molecule has 5 rings (SSSR count). The van der Waals surface area contributed by atoms with Crippen molar-refractivity contribution in [1.82, 2.24) is 20.1 Å². The number of amides is 3. The molecule has 3 amide bonds. The van der Waals surface area contributed by atoms with E-state index in [9.17, 15) is 27.2 Å². The minimum absolute atomic E-state index is 0.0607. The average Bonchev–Trinajstić information content (AvgIpc) is 3.60. The summed E-state index contributed by atoms with van der Waals surface area (Å²) in [6, 6.07) is 15.5. The normalized spacial score (nSPS) is 15.2. The Kier molecular flexibility index (Phi) is 8.72. The molecule has 0 aliphatic carbocycles. The Morgan fingerprint density at radius 2 is 1.75 bits per heavy atom. The summed E-state index contributed by atoms with van der Waals surface area (Å²) in [5, 5.41) is 7.42. The maximum absolute atomic E-state index is 13.9. The van der Waals surface area contributed by atoms with Crippen molar-refractivity contribution >= 4 is 34.6 Å². The lowest BCUT2D eigenvalue weighted by Gasteiger charge is -2.22. The van der Waals surface area contributed by atoms with Gasteiger partial charge in [-0.05, 0) is 66.4 Å². The van der Waals surface area contributed by atoms with Gasteiger partial charge in [0.1, 0.15) is 17.9 Å². The van der Waals surface area contributed by atoms with E-state index in [0.717, 1.165) is 17.3 Å². The summed E-state index contributed by atoms with van der Waals surface area (Å²) in [4.78, 5) is 35.3. The van der Waals surface area contributed by atoms with Gasteiger partial charge in [0, 0.05) is 5.56 Å². The highest BCUT2D eigenvalue weighted by molar-refractivity contribution is 8.15. The molecular weight excluding hydrogens is 600 g/mol. The third-order valence-electron chi connectivity index (χ3n) is 6.65. The molecule has 4 aromatic rings. The second-order valence-corrected chi connectivity index (χ2v) is 11.1. The van der Waals surface area contributed by atoms with E-state index in [1.54, 1.807) is 31.2 Å². The van der Waals surface area contributed by atoms with Crippen molar-refractivity contribution in [3.8, 4) is 22.8 Å². The van der Waals surface area contributed by atoms with Crippen molar-refractivity contribution in [3.05, 3.63) is 90.0 Å². The summed E-state index contributed by atoms with van der Waals surface area (Å²) in [6.07, 6.45) is -3.34. The molecule has 0 spiro atoms. The van der Waals surface area contributed by atoms with Gasteiger partial charge in [-0.15, -0.1) is 18.3 Å². The van der Waals surface area contributed by atoms with Crippen LogP contribution in [-0.2, 0) is 4.79 Å². The van der Waals surface area contributed by atoms with E-state index in [1.807, 2.05) is 13.8 Å². The van der Waals surface area contributed by atoms with E-state index in [4.69, 9.17) is 0 Å².